The Morgan fingerprint density at radius 1 is 0.108 bits per heavy atom. The van der Waals surface area contributed by atoms with Crippen LogP contribution in [0.3, 0.4) is 0 Å². The van der Waals surface area contributed by atoms with Gasteiger partial charge in [-0.15, -0.1) is 34.0 Å². The molecule has 0 saturated carbocycles. The maximum Gasteiger partial charge on any atom is 0.164 e. The van der Waals surface area contributed by atoms with Crippen molar-refractivity contribution in [2.75, 3.05) is 0 Å². The lowest BCUT2D eigenvalue weighted by Gasteiger charge is -2.13. The molecule has 22 aromatic carbocycles. The van der Waals surface area contributed by atoms with Crippen molar-refractivity contribution < 1.29 is 0 Å². The summed E-state index contributed by atoms with van der Waals surface area (Å²) in [5, 5.41) is 24.2. The van der Waals surface area contributed by atoms with Crippen molar-refractivity contribution in [3.8, 4) is 136 Å². The van der Waals surface area contributed by atoms with E-state index in [4.69, 9.17) is 44.9 Å². The summed E-state index contributed by atoms with van der Waals surface area (Å²) in [6.07, 6.45) is 0. The zero-order valence-electron chi connectivity index (χ0n) is 74.7. The van der Waals surface area contributed by atoms with E-state index in [0.717, 1.165) is 104 Å². The Balaban J connectivity index is 0.000000108. The number of thiophene rings is 3. The van der Waals surface area contributed by atoms with Crippen LogP contribution in [0.1, 0.15) is 0 Å². The van der Waals surface area contributed by atoms with Crippen LogP contribution < -0.4 is 0 Å². The summed E-state index contributed by atoms with van der Waals surface area (Å²) in [4.78, 5) is 45.7. The van der Waals surface area contributed by atoms with Crippen LogP contribution in [-0.2, 0) is 0 Å². The van der Waals surface area contributed by atoms with E-state index >= 15 is 0 Å². The minimum atomic E-state index is 0.649. The normalized spacial score (nSPS) is 11.6. The lowest BCUT2D eigenvalue weighted by Crippen LogP contribution is -2.00. The standard InChI is InChI=1S/C45H27N3S.2C41H25N3S/c1-3-11-30-23-34(19-17-28(30)9-1)43-46-44(35-20-18-29-10-2-4-12-31(29)24-35)48-45(47-43)36-25-32-13-5-6-14-37(32)39(27-36)33-21-22-42-40(26-33)38-15-7-8-16-41(38)49-42;1-2-11-27(12-3-1)39-42-40(31-19-18-26-10-4-5-13-28(26)22-31)44-41(43-39)32-23-29-14-6-7-15-33(29)36(24-32)30-20-21-35-34-16-8-9-17-37(34)45-38(35)25-30;1-2-11-27(12-3-1)39-42-40(31-19-18-26-10-4-5-13-28(26)22-31)44-41(43-39)32-23-29-14-6-7-15-33(29)35(25-32)30-20-21-38-36(24-30)34-16-8-9-17-37(34)45-38/h1-27H;2*1-25H. The molecule has 0 saturated heterocycles. The fraction of sp³-hybridized carbons (Fsp3) is 0. The van der Waals surface area contributed by atoms with E-state index in [1.165, 1.54) is 115 Å². The number of fused-ring (bicyclic) bond motifs is 16. The van der Waals surface area contributed by atoms with E-state index in [2.05, 4.69) is 431 Å². The molecule has 0 amide bonds. The quantitative estimate of drug-likeness (QED) is 0.118. The first kappa shape index (κ1) is 82.1. The molecule has 12 heteroatoms. The summed E-state index contributed by atoms with van der Waals surface area (Å²) in [6.45, 7) is 0. The molecule has 0 spiro atoms. The smallest absolute Gasteiger partial charge is 0.164 e. The highest BCUT2D eigenvalue weighted by atomic mass is 32.1. The molecule has 648 valence electrons. The molecule has 0 radical (unpaired) electrons. The summed E-state index contributed by atoms with van der Waals surface area (Å²) in [5.74, 6) is 5.89. The van der Waals surface area contributed by atoms with Crippen molar-refractivity contribution >= 4 is 170 Å². The molecule has 0 unspecified atom stereocenters. The Morgan fingerprint density at radius 3 is 0.655 bits per heavy atom. The fourth-order valence-corrected chi connectivity index (χ4v) is 22.8. The monoisotopic (exact) mass is 1820 g/mol. The molecule has 6 aromatic heterocycles. The Hall–Kier alpha value is -17.7. The average molecular weight is 1830 g/mol. The first-order valence-electron chi connectivity index (χ1n) is 46.5. The van der Waals surface area contributed by atoms with Gasteiger partial charge in [-0.1, -0.05) is 358 Å². The van der Waals surface area contributed by atoms with Crippen LogP contribution in [0.2, 0.25) is 0 Å². The van der Waals surface area contributed by atoms with Crippen LogP contribution in [0, 0.1) is 0 Å². The zero-order valence-corrected chi connectivity index (χ0v) is 77.2. The largest absolute Gasteiger partial charge is 0.208 e. The van der Waals surface area contributed by atoms with Crippen molar-refractivity contribution in [2.24, 2.45) is 0 Å². The molecule has 9 nitrogen and oxygen atoms in total. The molecule has 0 bridgehead atoms. The second-order valence-electron chi connectivity index (χ2n) is 35.1. The minimum absolute atomic E-state index is 0.649. The molecule has 28 aromatic rings. The summed E-state index contributed by atoms with van der Waals surface area (Å²) in [6, 6.07) is 165. The number of benzene rings is 22. The van der Waals surface area contributed by atoms with Gasteiger partial charge in [0, 0.05) is 111 Å². The number of nitrogens with zero attached hydrogens (tertiary/aromatic N) is 9. The Labute approximate surface area is 811 Å². The molecular weight excluding hydrogens is 1750 g/mol. The van der Waals surface area contributed by atoms with Gasteiger partial charge in [0.15, 0.2) is 52.4 Å². The third kappa shape index (κ3) is 15.7. The highest BCUT2D eigenvalue weighted by Crippen LogP contribution is 2.46. The number of hydrogen-bond acceptors (Lipinski definition) is 12. The topological polar surface area (TPSA) is 116 Å². The molecule has 0 atom stereocenters. The Bertz CT molecular complexity index is 9670. The van der Waals surface area contributed by atoms with E-state index < -0.39 is 0 Å². The van der Waals surface area contributed by atoms with Gasteiger partial charge in [0.2, 0.25) is 0 Å². The number of rotatable bonds is 12. The summed E-state index contributed by atoms with van der Waals surface area (Å²) >= 11 is 5.53. The predicted molar refractivity (Wildman–Crippen MR) is 586 cm³/mol. The van der Waals surface area contributed by atoms with Crippen LogP contribution in [0.4, 0.5) is 0 Å². The maximum atomic E-state index is 5.17. The molecule has 139 heavy (non-hydrogen) atoms. The highest BCUT2D eigenvalue weighted by molar-refractivity contribution is 7.26. The molecular formula is C127H77N9S3. The van der Waals surface area contributed by atoms with Crippen LogP contribution in [-0.4, -0.2) is 44.9 Å². The van der Waals surface area contributed by atoms with Crippen LogP contribution in [0.25, 0.3) is 272 Å². The van der Waals surface area contributed by atoms with Crippen molar-refractivity contribution in [2.45, 2.75) is 0 Å². The van der Waals surface area contributed by atoms with Gasteiger partial charge in [-0.3, -0.25) is 0 Å². The van der Waals surface area contributed by atoms with E-state index in [1.54, 1.807) is 0 Å². The van der Waals surface area contributed by atoms with Crippen molar-refractivity contribution in [1.82, 2.24) is 44.9 Å². The van der Waals surface area contributed by atoms with Gasteiger partial charge in [0.05, 0.1) is 0 Å². The van der Waals surface area contributed by atoms with Crippen molar-refractivity contribution in [1.29, 1.82) is 0 Å². The van der Waals surface area contributed by atoms with E-state index in [9.17, 15) is 0 Å². The molecule has 0 N–H and O–H groups in total. The Kier molecular flexibility index (Phi) is 20.7. The van der Waals surface area contributed by atoms with Gasteiger partial charge in [-0.05, 0) is 218 Å². The number of aromatic nitrogens is 9. The van der Waals surface area contributed by atoms with E-state index in [-0.39, 0.29) is 0 Å². The molecule has 28 rings (SSSR count). The third-order valence-electron chi connectivity index (χ3n) is 26.4. The lowest BCUT2D eigenvalue weighted by atomic mass is 9.94. The summed E-state index contributed by atoms with van der Waals surface area (Å²) < 4.78 is 7.80. The first-order chi connectivity index (χ1) is 68.8. The SMILES string of the molecule is c1ccc(-c2nc(-c3ccc4ccccc4c3)nc(-c3cc(-c4ccc5c(c4)sc4ccccc45)c4ccccc4c3)n2)cc1.c1ccc(-c2nc(-c3ccc4ccccc4c3)nc(-c3cc(-c4ccc5sc6ccccc6c5c4)c4ccccc4c3)n2)cc1.c1ccc2cc(-c3nc(-c4ccc5ccccc5c4)nc(-c4cc(-c5ccc6sc7ccccc7c6c5)c5ccccc5c4)n3)ccc2c1. The first-order valence-corrected chi connectivity index (χ1v) is 48.9. The van der Waals surface area contributed by atoms with Gasteiger partial charge >= 0.3 is 0 Å². The molecule has 0 aliphatic carbocycles. The van der Waals surface area contributed by atoms with Gasteiger partial charge in [0.25, 0.3) is 0 Å². The number of hydrogen-bond donors (Lipinski definition) is 0. The summed E-state index contributed by atoms with van der Waals surface area (Å²) in [5.41, 5.74) is 15.6. The molecule has 6 heterocycles. The van der Waals surface area contributed by atoms with E-state index in [0.29, 0.717) is 52.4 Å². The fourth-order valence-electron chi connectivity index (χ4n) is 19.5. The minimum Gasteiger partial charge on any atom is -0.208 e. The van der Waals surface area contributed by atoms with Crippen LogP contribution in [0.5, 0.6) is 0 Å². The van der Waals surface area contributed by atoms with E-state index in [1.807, 2.05) is 70.4 Å². The summed E-state index contributed by atoms with van der Waals surface area (Å²) in [7, 11) is 0. The lowest BCUT2D eigenvalue weighted by molar-refractivity contribution is 1.07. The molecule has 0 aliphatic heterocycles. The van der Waals surface area contributed by atoms with Crippen molar-refractivity contribution in [3.63, 3.8) is 0 Å². The second-order valence-corrected chi connectivity index (χ2v) is 38.3. The zero-order chi connectivity index (χ0) is 91.8. The van der Waals surface area contributed by atoms with Gasteiger partial charge in [0.1, 0.15) is 0 Å². The van der Waals surface area contributed by atoms with Crippen molar-refractivity contribution in [3.05, 3.63) is 467 Å². The van der Waals surface area contributed by atoms with Gasteiger partial charge in [-0.2, -0.15) is 0 Å². The third-order valence-corrected chi connectivity index (χ3v) is 29.9. The Morgan fingerprint density at radius 2 is 0.324 bits per heavy atom. The van der Waals surface area contributed by atoms with Crippen LogP contribution in [0.15, 0.2) is 467 Å². The average Bonchev–Trinajstić information content (AvgIpc) is 1.72. The molecule has 0 aliphatic rings. The molecule has 0 fully saturated rings. The maximum absolute atomic E-state index is 5.17. The predicted octanol–water partition coefficient (Wildman–Crippen LogP) is 34.8. The highest BCUT2D eigenvalue weighted by Gasteiger charge is 2.23. The second kappa shape index (κ2) is 35.0. The van der Waals surface area contributed by atoms with Crippen LogP contribution >= 0.6 is 34.0 Å². The van der Waals surface area contributed by atoms with Gasteiger partial charge in [-0.25, -0.2) is 44.9 Å². The van der Waals surface area contributed by atoms with Gasteiger partial charge < -0.3 is 0 Å².